The van der Waals surface area contributed by atoms with E-state index in [0.717, 1.165) is 0 Å². The minimum Gasteiger partial charge on any atom is -0.258 e. The van der Waals surface area contributed by atoms with Crippen molar-refractivity contribution in [3.05, 3.63) is 49.2 Å². The predicted molar refractivity (Wildman–Crippen MR) is 71.8 cm³/mol. The molecule has 92 valence electrons. The quantitative estimate of drug-likeness (QED) is 0.465. The van der Waals surface area contributed by atoms with Crippen LogP contribution in [0.2, 0.25) is 10.3 Å². The van der Waals surface area contributed by atoms with Crippen molar-refractivity contribution in [2.45, 2.75) is 0 Å². The Kier molecular flexibility index (Phi) is 3.79. The van der Waals surface area contributed by atoms with E-state index in [1.54, 1.807) is 0 Å². The monoisotopic (exact) mass is 347 g/mol. The number of aromatic nitrogens is 2. The van der Waals surface area contributed by atoms with E-state index in [2.05, 4.69) is 25.9 Å². The molecule has 0 unspecified atom stereocenters. The van der Waals surface area contributed by atoms with Gasteiger partial charge in [-0.15, -0.1) is 0 Å². The zero-order valence-corrected chi connectivity index (χ0v) is 11.7. The van der Waals surface area contributed by atoms with Crippen molar-refractivity contribution in [2.75, 3.05) is 0 Å². The van der Waals surface area contributed by atoms with Crippen molar-refractivity contribution in [3.8, 4) is 11.4 Å². The Morgan fingerprint density at radius 2 is 1.61 bits per heavy atom. The second kappa shape index (κ2) is 5.17. The van der Waals surface area contributed by atoms with Gasteiger partial charge in [-0.2, -0.15) is 0 Å². The third kappa shape index (κ3) is 2.60. The summed E-state index contributed by atoms with van der Waals surface area (Å²) in [5.41, 5.74) is 0.588. The van der Waals surface area contributed by atoms with Gasteiger partial charge in [-0.1, -0.05) is 23.2 Å². The van der Waals surface area contributed by atoms with Crippen LogP contribution in [0.25, 0.3) is 11.4 Å². The van der Waals surface area contributed by atoms with E-state index in [4.69, 9.17) is 23.2 Å². The fourth-order valence-electron chi connectivity index (χ4n) is 1.26. The summed E-state index contributed by atoms with van der Waals surface area (Å²) >= 11 is 14.9. The van der Waals surface area contributed by atoms with Crippen molar-refractivity contribution in [2.24, 2.45) is 0 Å². The van der Waals surface area contributed by atoms with Crippen LogP contribution in [-0.2, 0) is 0 Å². The van der Waals surface area contributed by atoms with E-state index >= 15 is 0 Å². The van der Waals surface area contributed by atoms with Crippen LogP contribution < -0.4 is 0 Å². The van der Waals surface area contributed by atoms with Gasteiger partial charge in [-0.25, -0.2) is 9.97 Å². The van der Waals surface area contributed by atoms with Crippen LogP contribution in [0.1, 0.15) is 0 Å². The molecule has 18 heavy (non-hydrogen) atoms. The molecule has 0 spiro atoms. The van der Waals surface area contributed by atoms with Gasteiger partial charge >= 0.3 is 0 Å². The number of rotatable bonds is 2. The largest absolute Gasteiger partial charge is 0.269 e. The molecule has 0 aliphatic carbocycles. The fourth-order valence-corrected chi connectivity index (χ4v) is 1.82. The number of non-ortho nitro benzene ring substituents is 1. The zero-order chi connectivity index (χ0) is 13.3. The van der Waals surface area contributed by atoms with Gasteiger partial charge < -0.3 is 0 Å². The molecule has 0 bridgehead atoms. The molecule has 1 aromatic heterocycles. The summed E-state index contributed by atoms with van der Waals surface area (Å²) in [6.45, 7) is 0. The first-order valence-corrected chi connectivity index (χ1v) is 6.17. The molecule has 0 fully saturated rings. The lowest BCUT2D eigenvalue weighted by molar-refractivity contribution is -0.384. The Labute approximate surface area is 120 Å². The molecule has 2 aromatic rings. The standard InChI is InChI=1S/C10H4BrCl2N3O2/c11-7-8(12)14-10(15-9(7)13)5-1-3-6(4-2-5)16(17)18/h1-4H. The van der Waals surface area contributed by atoms with Gasteiger partial charge in [0, 0.05) is 17.7 Å². The van der Waals surface area contributed by atoms with Crippen LogP contribution in [0.4, 0.5) is 5.69 Å². The normalized spacial score (nSPS) is 10.4. The van der Waals surface area contributed by atoms with Gasteiger partial charge in [0.1, 0.15) is 10.3 Å². The first-order chi connectivity index (χ1) is 8.49. The number of hydrogen-bond acceptors (Lipinski definition) is 4. The Morgan fingerprint density at radius 3 is 2.06 bits per heavy atom. The topological polar surface area (TPSA) is 68.9 Å². The number of nitro groups is 1. The average molecular weight is 349 g/mol. The maximum absolute atomic E-state index is 10.5. The second-order valence-electron chi connectivity index (χ2n) is 3.25. The molecule has 8 heteroatoms. The van der Waals surface area contributed by atoms with Gasteiger partial charge in [0.15, 0.2) is 5.82 Å². The lowest BCUT2D eigenvalue weighted by Crippen LogP contribution is -1.93. The van der Waals surface area contributed by atoms with Crippen molar-refractivity contribution in [1.29, 1.82) is 0 Å². The van der Waals surface area contributed by atoms with Crippen LogP contribution in [0.15, 0.2) is 28.7 Å². The van der Waals surface area contributed by atoms with Crippen LogP contribution in [-0.4, -0.2) is 14.9 Å². The molecular formula is C10H4BrCl2N3O2. The van der Waals surface area contributed by atoms with Crippen LogP contribution >= 0.6 is 39.1 Å². The highest BCUT2D eigenvalue weighted by Crippen LogP contribution is 2.30. The number of nitrogens with zero attached hydrogens (tertiary/aromatic N) is 3. The van der Waals surface area contributed by atoms with E-state index in [1.807, 2.05) is 0 Å². The zero-order valence-electron chi connectivity index (χ0n) is 8.60. The van der Waals surface area contributed by atoms with Crippen molar-refractivity contribution in [1.82, 2.24) is 9.97 Å². The van der Waals surface area contributed by atoms with E-state index in [9.17, 15) is 10.1 Å². The molecule has 0 atom stereocenters. The van der Waals surface area contributed by atoms with Gasteiger partial charge in [0.05, 0.1) is 9.40 Å². The summed E-state index contributed by atoms with van der Waals surface area (Å²) in [6.07, 6.45) is 0. The molecular weight excluding hydrogens is 345 g/mol. The van der Waals surface area contributed by atoms with Crippen molar-refractivity contribution in [3.63, 3.8) is 0 Å². The van der Waals surface area contributed by atoms with Crippen LogP contribution in [0.3, 0.4) is 0 Å². The Hall–Kier alpha value is -1.24. The lowest BCUT2D eigenvalue weighted by atomic mass is 10.2. The third-order valence-corrected chi connectivity index (χ3v) is 3.86. The summed E-state index contributed by atoms with van der Waals surface area (Å²) in [7, 11) is 0. The second-order valence-corrected chi connectivity index (χ2v) is 4.76. The van der Waals surface area contributed by atoms with Crippen LogP contribution in [0, 0.1) is 10.1 Å². The predicted octanol–water partition coefficient (Wildman–Crippen LogP) is 4.12. The minimum absolute atomic E-state index is 0.00643. The van der Waals surface area contributed by atoms with E-state index in [1.165, 1.54) is 24.3 Å². The van der Waals surface area contributed by atoms with Crippen molar-refractivity contribution < 1.29 is 4.92 Å². The average Bonchev–Trinajstić information content (AvgIpc) is 2.35. The Bertz CT molecular complexity index is 596. The Balaban J connectivity index is 2.46. The smallest absolute Gasteiger partial charge is 0.258 e. The summed E-state index contributed by atoms with van der Waals surface area (Å²) in [6, 6.07) is 5.80. The highest BCUT2D eigenvalue weighted by atomic mass is 79.9. The molecule has 1 aromatic carbocycles. The first-order valence-electron chi connectivity index (χ1n) is 4.62. The summed E-state index contributed by atoms with van der Waals surface area (Å²) in [5.74, 6) is 0.308. The Morgan fingerprint density at radius 1 is 1.11 bits per heavy atom. The first kappa shape index (κ1) is 13.2. The lowest BCUT2D eigenvalue weighted by Gasteiger charge is -2.03. The third-order valence-electron chi connectivity index (χ3n) is 2.11. The summed E-state index contributed by atoms with van der Waals surface area (Å²) < 4.78 is 0.413. The molecule has 2 rings (SSSR count). The summed E-state index contributed by atoms with van der Waals surface area (Å²) in [5, 5.41) is 10.9. The molecule has 0 saturated heterocycles. The number of nitro benzene ring substituents is 1. The minimum atomic E-state index is -0.480. The van der Waals surface area contributed by atoms with Gasteiger partial charge in [-0.05, 0) is 28.1 Å². The maximum Gasteiger partial charge on any atom is 0.269 e. The number of halogens is 3. The van der Waals surface area contributed by atoms with Gasteiger partial charge in [0.2, 0.25) is 0 Å². The van der Waals surface area contributed by atoms with E-state index in [-0.39, 0.29) is 16.0 Å². The summed E-state index contributed by atoms with van der Waals surface area (Å²) in [4.78, 5) is 18.1. The SMILES string of the molecule is O=[N+]([O-])c1ccc(-c2nc(Cl)c(Br)c(Cl)n2)cc1. The molecule has 0 amide bonds. The number of hydrogen-bond donors (Lipinski definition) is 0. The number of benzene rings is 1. The highest BCUT2D eigenvalue weighted by Gasteiger charge is 2.12. The molecule has 1 heterocycles. The molecule has 0 saturated carbocycles. The van der Waals surface area contributed by atoms with Gasteiger partial charge in [0.25, 0.3) is 5.69 Å². The highest BCUT2D eigenvalue weighted by molar-refractivity contribution is 9.10. The molecule has 5 nitrogen and oxygen atoms in total. The molecule has 0 aliphatic rings. The van der Waals surface area contributed by atoms with Gasteiger partial charge in [-0.3, -0.25) is 10.1 Å². The van der Waals surface area contributed by atoms with E-state index in [0.29, 0.717) is 15.9 Å². The molecule has 0 N–H and O–H groups in total. The van der Waals surface area contributed by atoms with E-state index < -0.39 is 4.92 Å². The molecule has 0 aliphatic heterocycles. The van der Waals surface area contributed by atoms with Crippen LogP contribution in [0.5, 0.6) is 0 Å². The molecule has 0 radical (unpaired) electrons. The van der Waals surface area contributed by atoms with Crippen molar-refractivity contribution >= 4 is 44.8 Å². The maximum atomic E-state index is 10.5. The fraction of sp³-hybridized carbons (Fsp3) is 0.